The molecule has 8 nitrogen and oxygen atoms in total. The van der Waals surface area contributed by atoms with E-state index in [9.17, 15) is 18.3 Å². The molecule has 2 atom stereocenters. The van der Waals surface area contributed by atoms with E-state index in [-0.39, 0.29) is 26.7 Å². The number of anilines is 1. The van der Waals surface area contributed by atoms with E-state index in [1.54, 1.807) is 43.3 Å². The number of sulfonamides is 1. The predicted octanol–water partition coefficient (Wildman–Crippen LogP) is 5.26. The van der Waals surface area contributed by atoms with Crippen LogP contribution < -0.4 is 10.0 Å². The quantitative estimate of drug-likeness (QED) is 0.232. The summed E-state index contributed by atoms with van der Waals surface area (Å²) in [5, 5.41) is 14.0. The summed E-state index contributed by atoms with van der Waals surface area (Å²) in [6.45, 7) is 1.62. The first-order valence-electron chi connectivity index (χ1n) is 10.0. The van der Waals surface area contributed by atoms with Crippen LogP contribution in [-0.2, 0) is 10.0 Å². The number of hydrogen-bond donors (Lipinski definition) is 3. The number of amides is 1. The summed E-state index contributed by atoms with van der Waals surface area (Å²) in [7, 11) is -4.08. The van der Waals surface area contributed by atoms with Crippen LogP contribution in [0.5, 0.6) is 0 Å². The molecule has 13 heteroatoms. The van der Waals surface area contributed by atoms with Crippen LogP contribution in [0.25, 0.3) is 11.0 Å². The lowest BCUT2D eigenvalue weighted by Crippen LogP contribution is -2.37. The third kappa shape index (κ3) is 5.70. The fraction of sp³-hybridized carbons (Fsp3) is 0.136. The van der Waals surface area contributed by atoms with Crippen molar-refractivity contribution in [2.75, 3.05) is 4.72 Å². The zero-order chi connectivity index (χ0) is 25.3. The molecule has 0 saturated heterocycles. The number of carbonyl (C=O) groups excluding carboxylic acids is 1. The van der Waals surface area contributed by atoms with Gasteiger partial charge in [0.25, 0.3) is 15.9 Å². The number of hydrogen-bond acceptors (Lipinski definition) is 7. The maximum Gasteiger partial charge on any atom is 0.264 e. The molecule has 0 aliphatic heterocycles. The first-order chi connectivity index (χ1) is 16.6. The monoisotopic (exact) mass is 662 g/mol. The number of nitrogens with one attached hydrogen (secondary N) is 2. The zero-order valence-corrected chi connectivity index (χ0v) is 23.2. The average molecular weight is 663 g/mol. The second kappa shape index (κ2) is 10.5. The molecule has 1 heterocycles. The van der Waals surface area contributed by atoms with Gasteiger partial charge in [-0.2, -0.15) is 8.75 Å². The number of rotatable bonds is 7. The van der Waals surface area contributed by atoms with Crippen LogP contribution in [0.3, 0.4) is 0 Å². The van der Waals surface area contributed by atoms with Gasteiger partial charge in [0.05, 0.1) is 45.2 Å². The smallest absolute Gasteiger partial charge is 0.264 e. The van der Waals surface area contributed by atoms with Gasteiger partial charge >= 0.3 is 0 Å². The third-order valence-electron chi connectivity index (χ3n) is 5.13. The summed E-state index contributed by atoms with van der Waals surface area (Å²) >= 11 is 14.9. The fourth-order valence-electron chi connectivity index (χ4n) is 3.35. The van der Waals surface area contributed by atoms with E-state index in [0.717, 1.165) is 11.7 Å². The summed E-state index contributed by atoms with van der Waals surface area (Å²) in [4.78, 5) is 13.1. The normalized spacial score (nSPS) is 13.4. The van der Waals surface area contributed by atoms with Crippen molar-refractivity contribution < 1.29 is 18.3 Å². The molecule has 3 N–H and O–H groups in total. The number of aliphatic hydroxyl groups is 1. The second-order valence-electron chi connectivity index (χ2n) is 7.56. The van der Waals surface area contributed by atoms with Crippen LogP contribution >= 0.6 is 57.5 Å². The molecule has 4 aromatic rings. The van der Waals surface area contributed by atoms with Crippen molar-refractivity contribution in [1.29, 1.82) is 0 Å². The summed E-state index contributed by atoms with van der Waals surface area (Å²) in [5.41, 5.74) is 1.36. The van der Waals surface area contributed by atoms with E-state index in [2.05, 4.69) is 18.8 Å². The molecule has 0 radical (unpaired) electrons. The van der Waals surface area contributed by atoms with E-state index < -0.39 is 28.1 Å². The maximum atomic E-state index is 13.2. The van der Waals surface area contributed by atoms with Crippen molar-refractivity contribution in [1.82, 2.24) is 14.1 Å². The molecule has 182 valence electrons. The Balaban J connectivity index is 1.60. The van der Waals surface area contributed by atoms with Crippen LogP contribution in [0.15, 0.2) is 59.5 Å². The molecular weight excluding hydrogens is 646 g/mol. The molecule has 0 saturated carbocycles. The number of aromatic nitrogens is 2. The Hall–Kier alpha value is -2.03. The van der Waals surface area contributed by atoms with E-state index >= 15 is 0 Å². The maximum absolute atomic E-state index is 13.2. The number of benzene rings is 3. The molecule has 0 unspecified atom stereocenters. The second-order valence-corrected chi connectivity index (χ2v) is 11.8. The molecular formula is C22H17Cl2IN4O4S2. The molecule has 3 aromatic carbocycles. The van der Waals surface area contributed by atoms with Crippen LogP contribution in [0, 0.1) is 3.57 Å². The zero-order valence-electron chi connectivity index (χ0n) is 17.9. The lowest BCUT2D eigenvalue weighted by atomic mass is 10.0. The van der Waals surface area contributed by atoms with Gasteiger partial charge in [-0.15, -0.1) is 0 Å². The summed E-state index contributed by atoms with van der Waals surface area (Å²) < 4.78 is 37.8. The van der Waals surface area contributed by atoms with Crippen LogP contribution in [-0.4, -0.2) is 34.2 Å². The summed E-state index contributed by atoms with van der Waals surface area (Å²) in [5.74, 6) is -0.570. The molecule has 1 amide bonds. The van der Waals surface area contributed by atoms with E-state index in [0.29, 0.717) is 19.7 Å². The minimum atomic E-state index is -4.08. The Morgan fingerprint density at radius 2 is 1.86 bits per heavy atom. The van der Waals surface area contributed by atoms with Gasteiger partial charge in [0, 0.05) is 3.57 Å². The fourth-order valence-corrected chi connectivity index (χ4v) is 5.98. The molecule has 4 rings (SSSR count). The van der Waals surface area contributed by atoms with Crippen molar-refractivity contribution in [3.05, 3.63) is 79.3 Å². The van der Waals surface area contributed by atoms with Crippen LogP contribution in [0.2, 0.25) is 10.0 Å². The van der Waals surface area contributed by atoms with E-state index in [1.165, 1.54) is 18.2 Å². The highest BCUT2D eigenvalue weighted by atomic mass is 127. The Bertz CT molecular complexity index is 1530. The Morgan fingerprint density at radius 3 is 2.60 bits per heavy atom. The first kappa shape index (κ1) is 26.0. The summed E-state index contributed by atoms with van der Waals surface area (Å²) in [6.07, 6.45) is -1.08. The lowest BCUT2D eigenvalue weighted by molar-refractivity contribution is 0.0853. The van der Waals surface area contributed by atoms with Crippen molar-refractivity contribution in [2.24, 2.45) is 0 Å². The Kier molecular flexibility index (Phi) is 7.83. The number of fused-ring (bicyclic) bond motifs is 1. The van der Waals surface area contributed by atoms with Crippen LogP contribution in [0.1, 0.15) is 28.9 Å². The first-order valence-corrected chi connectivity index (χ1v) is 14.1. The molecule has 0 aliphatic rings. The largest absolute Gasteiger partial charge is 0.386 e. The number of nitrogens with zero attached hydrogens (tertiary/aromatic N) is 2. The number of aliphatic hydroxyl groups excluding tert-OH is 1. The topological polar surface area (TPSA) is 121 Å². The molecule has 0 aliphatic carbocycles. The third-order valence-corrected chi connectivity index (χ3v) is 8.48. The van der Waals surface area contributed by atoms with Crippen molar-refractivity contribution >= 4 is 90.2 Å². The Labute approximate surface area is 229 Å². The van der Waals surface area contributed by atoms with Crippen molar-refractivity contribution in [3.8, 4) is 0 Å². The molecule has 1 aromatic heterocycles. The van der Waals surface area contributed by atoms with Gasteiger partial charge in [-0.1, -0.05) is 35.3 Å². The molecule has 0 bridgehead atoms. The molecule has 0 spiro atoms. The molecule has 35 heavy (non-hydrogen) atoms. The Morgan fingerprint density at radius 1 is 1.09 bits per heavy atom. The lowest BCUT2D eigenvalue weighted by Gasteiger charge is -2.22. The van der Waals surface area contributed by atoms with Gasteiger partial charge in [0.15, 0.2) is 0 Å². The van der Waals surface area contributed by atoms with Gasteiger partial charge in [-0.3, -0.25) is 9.52 Å². The number of carbonyl (C=O) groups is 1. The van der Waals surface area contributed by atoms with Crippen LogP contribution in [0.4, 0.5) is 5.69 Å². The van der Waals surface area contributed by atoms with Crippen molar-refractivity contribution in [2.45, 2.75) is 24.0 Å². The van der Waals surface area contributed by atoms with Gasteiger partial charge in [-0.25, -0.2) is 8.42 Å². The average Bonchev–Trinajstić information content (AvgIpc) is 3.29. The summed E-state index contributed by atoms with van der Waals surface area (Å²) in [6, 6.07) is 13.4. The van der Waals surface area contributed by atoms with Gasteiger partial charge in [0.2, 0.25) is 0 Å². The van der Waals surface area contributed by atoms with Gasteiger partial charge in [-0.05, 0) is 77.5 Å². The van der Waals surface area contributed by atoms with Gasteiger partial charge in [0.1, 0.15) is 15.9 Å². The molecule has 0 fully saturated rings. The predicted molar refractivity (Wildman–Crippen MR) is 146 cm³/mol. The van der Waals surface area contributed by atoms with Crippen molar-refractivity contribution in [3.63, 3.8) is 0 Å². The minimum Gasteiger partial charge on any atom is -0.386 e. The SMILES string of the molecule is C[C@@H](NC(=O)c1ccc(I)cc1NS(=O)(=O)c1cccc2nsnc12)[C@@H](O)c1ccc(Cl)c(Cl)c1. The van der Waals surface area contributed by atoms with Gasteiger partial charge < -0.3 is 10.4 Å². The highest BCUT2D eigenvalue weighted by molar-refractivity contribution is 14.1. The minimum absolute atomic E-state index is 0.0441. The van der Waals surface area contributed by atoms with E-state index in [1.807, 2.05) is 22.6 Å². The highest BCUT2D eigenvalue weighted by Gasteiger charge is 2.25. The standard InChI is InChI=1S/C22H17Cl2IN4O4S2/c1-11(21(30)12-5-8-15(23)16(24)9-12)26-22(31)14-7-6-13(25)10-18(14)29-35(32,33)19-4-2-3-17-20(19)28-34-27-17/h2-11,21,29-30H,1H3,(H,26,31)/t11-,21-/m1/s1. The van der Waals surface area contributed by atoms with E-state index in [4.69, 9.17) is 23.2 Å². The number of halogens is 3. The highest BCUT2D eigenvalue weighted by Crippen LogP contribution is 2.29.